The second-order valence-corrected chi connectivity index (χ2v) is 5.35. The van der Waals surface area contributed by atoms with Crippen LogP contribution in [-0.2, 0) is 6.54 Å². The lowest BCUT2D eigenvalue weighted by Crippen LogP contribution is -2.50. The van der Waals surface area contributed by atoms with Crippen LogP contribution in [0.1, 0.15) is 5.56 Å². The van der Waals surface area contributed by atoms with Gasteiger partial charge < -0.3 is 10.2 Å². The Kier molecular flexibility index (Phi) is 4.96. The number of piperazine rings is 1. The average molecular weight is 302 g/mol. The average Bonchev–Trinajstić information content (AvgIpc) is 2.42. The highest BCUT2D eigenvalue weighted by molar-refractivity contribution is 7.80. The lowest BCUT2D eigenvalue weighted by atomic mass is 10.2. The number of halogens is 2. The van der Waals surface area contributed by atoms with Gasteiger partial charge in [-0.25, -0.2) is 4.39 Å². The maximum atomic E-state index is 13.0. The summed E-state index contributed by atoms with van der Waals surface area (Å²) in [5, 5.41) is 4.28. The minimum absolute atomic E-state index is 0.294. The molecule has 1 saturated heterocycles. The molecule has 0 spiro atoms. The molecule has 1 N–H and O–H groups in total. The van der Waals surface area contributed by atoms with Crippen LogP contribution in [0.4, 0.5) is 4.39 Å². The van der Waals surface area contributed by atoms with Gasteiger partial charge in [-0.05, 0) is 29.9 Å². The van der Waals surface area contributed by atoms with Gasteiger partial charge in [0.2, 0.25) is 0 Å². The molecule has 1 aliphatic heterocycles. The molecule has 19 heavy (non-hydrogen) atoms. The second kappa shape index (κ2) is 6.50. The Morgan fingerprint density at radius 1 is 1.37 bits per heavy atom. The Morgan fingerprint density at radius 3 is 2.63 bits per heavy atom. The van der Waals surface area contributed by atoms with Crippen molar-refractivity contribution in [2.45, 2.75) is 6.54 Å². The number of nitrogens with zero attached hydrogens (tertiary/aromatic N) is 2. The summed E-state index contributed by atoms with van der Waals surface area (Å²) >= 11 is 11.3. The molecule has 0 bridgehead atoms. The van der Waals surface area contributed by atoms with E-state index in [9.17, 15) is 4.39 Å². The second-order valence-electron chi connectivity index (χ2n) is 4.55. The zero-order valence-electron chi connectivity index (χ0n) is 10.8. The van der Waals surface area contributed by atoms with Crippen LogP contribution in [0.3, 0.4) is 0 Å². The van der Waals surface area contributed by atoms with Crippen molar-refractivity contribution < 1.29 is 4.39 Å². The van der Waals surface area contributed by atoms with E-state index in [2.05, 4.69) is 15.1 Å². The van der Waals surface area contributed by atoms with Crippen molar-refractivity contribution in [2.24, 2.45) is 0 Å². The number of rotatable bonds is 2. The molecule has 0 amide bonds. The molecule has 0 radical (unpaired) electrons. The van der Waals surface area contributed by atoms with Crippen molar-refractivity contribution in [1.29, 1.82) is 0 Å². The van der Waals surface area contributed by atoms with Gasteiger partial charge in [0.1, 0.15) is 5.82 Å². The van der Waals surface area contributed by atoms with Crippen LogP contribution in [0.2, 0.25) is 5.02 Å². The summed E-state index contributed by atoms with van der Waals surface area (Å²) < 4.78 is 13.0. The monoisotopic (exact) mass is 301 g/mol. The predicted molar refractivity (Wildman–Crippen MR) is 79.9 cm³/mol. The van der Waals surface area contributed by atoms with Crippen LogP contribution in [0.5, 0.6) is 0 Å². The summed E-state index contributed by atoms with van der Waals surface area (Å²) in [6.07, 6.45) is 0. The van der Waals surface area contributed by atoms with Crippen molar-refractivity contribution in [3.05, 3.63) is 34.6 Å². The van der Waals surface area contributed by atoms with E-state index in [0.29, 0.717) is 5.02 Å². The number of hydrogen-bond acceptors (Lipinski definition) is 2. The van der Waals surface area contributed by atoms with Crippen LogP contribution < -0.4 is 5.32 Å². The SMILES string of the molecule is CNC(=S)N1CCN(Cc2ccc(F)cc2Cl)CC1. The summed E-state index contributed by atoms with van der Waals surface area (Å²) in [6, 6.07) is 4.57. The van der Waals surface area contributed by atoms with Crippen LogP contribution in [0.25, 0.3) is 0 Å². The first kappa shape index (κ1) is 14.5. The quantitative estimate of drug-likeness (QED) is 0.843. The van der Waals surface area contributed by atoms with Crippen LogP contribution in [0, 0.1) is 5.82 Å². The first-order chi connectivity index (χ1) is 9.10. The normalized spacial score (nSPS) is 16.5. The maximum Gasteiger partial charge on any atom is 0.168 e. The molecule has 1 heterocycles. The van der Waals surface area contributed by atoms with Gasteiger partial charge in [-0.15, -0.1) is 0 Å². The van der Waals surface area contributed by atoms with Crippen LogP contribution in [0.15, 0.2) is 18.2 Å². The fraction of sp³-hybridized carbons (Fsp3) is 0.462. The van der Waals surface area contributed by atoms with Gasteiger partial charge >= 0.3 is 0 Å². The van der Waals surface area contributed by atoms with Crippen molar-refractivity contribution >= 4 is 28.9 Å². The van der Waals surface area contributed by atoms with E-state index in [0.717, 1.165) is 43.4 Å². The molecule has 0 atom stereocenters. The molecule has 0 saturated carbocycles. The topological polar surface area (TPSA) is 18.5 Å². The molecule has 2 rings (SSSR count). The summed E-state index contributed by atoms with van der Waals surface area (Å²) in [6.45, 7) is 4.40. The number of benzene rings is 1. The first-order valence-corrected chi connectivity index (χ1v) is 7.01. The van der Waals surface area contributed by atoms with E-state index < -0.39 is 0 Å². The molecular formula is C13H17ClFN3S. The third kappa shape index (κ3) is 3.78. The highest BCUT2D eigenvalue weighted by atomic mass is 35.5. The fourth-order valence-electron chi connectivity index (χ4n) is 2.16. The minimum atomic E-state index is -0.294. The van der Waals surface area contributed by atoms with Gasteiger partial charge in [0.05, 0.1) is 0 Å². The van der Waals surface area contributed by atoms with Gasteiger partial charge in [0.15, 0.2) is 5.11 Å². The van der Waals surface area contributed by atoms with Crippen LogP contribution >= 0.6 is 23.8 Å². The molecule has 1 aromatic carbocycles. The molecule has 1 aromatic rings. The first-order valence-electron chi connectivity index (χ1n) is 6.23. The standard InChI is InChI=1S/C13H17ClFN3S/c1-16-13(19)18-6-4-17(5-7-18)9-10-2-3-11(15)8-12(10)14/h2-3,8H,4-7,9H2,1H3,(H,16,19). The van der Waals surface area contributed by atoms with Gasteiger partial charge in [-0.3, -0.25) is 4.90 Å². The summed E-state index contributed by atoms with van der Waals surface area (Å²) in [4.78, 5) is 4.45. The Bertz CT molecular complexity index is 461. The van der Waals surface area contributed by atoms with Gasteiger partial charge in [0.25, 0.3) is 0 Å². The van der Waals surface area contributed by atoms with E-state index in [1.807, 2.05) is 7.05 Å². The van der Waals surface area contributed by atoms with Crippen LogP contribution in [-0.4, -0.2) is 48.1 Å². The molecule has 0 aromatic heterocycles. The van der Waals surface area contributed by atoms with Crippen molar-refractivity contribution in [3.8, 4) is 0 Å². The lowest BCUT2D eigenvalue weighted by Gasteiger charge is -2.36. The maximum absolute atomic E-state index is 13.0. The smallest absolute Gasteiger partial charge is 0.168 e. The van der Waals surface area contributed by atoms with E-state index in [-0.39, 0.29) is 5.82 Å². The van der Waals surface area contributed by atoms with Gasteiger partial charge in [-0.1, -0.05) is 17.7 Å². The summed E-state index contributed by atoms with van der Waals surface area (Å²) in [7, 11) is 1.84. The van der Waals surface area contributed by atoms with Gasteiger partial charge in [0, 0.05) is 44.8 Å². The molecule has 6 heteroatoms. The Balaban J connectivity index is 1.90. The van der Waals surface area contributed by atoms with Crippen molar-refractivity contribution in [1.82, 2.24) is 15.1 Å². The number of nitrogens with one attached hydrogen (secondary N) is 1. The Labute approximate surface area is 123 Å². The molecular weight excluding hydrogens is 285 g/mol. The predicted octanol–water partition coefficient (Wildman–Crippen LogP) is 2.10. The molecule has 3 nitrogen and oxygen atoms in total. The molecule has 0 aliphatic carbocycles. The highest BCUT2D eigenvalue weighted by Crippen LogP contribution is 2.19. The number of hydrogen-bond donors (Lipinski definition) is 1. The summed E-state index contributed by atoms with van der Waals surface area (Å²) in [5.41, 5.74) is 0.965. The third-order valence-corrected chi connectivity index (χ3v) is 4.10. The van der Waals surface area contributed by atoms with Crippen molar-refractivity contribution in [3.63, 3.8) is 0 Å². The molecule has 1 fully saturated rings. The van der Waals surface area contributed by atoms with Gasteiger partial charge in [-0.2, -0.15) is 0 Å². The molecule has 104 valence electrons. The molecule has 1 aliphatic rings. The lowest BCUT2D eigenvalue weighted by molar-refractivity contribution is 0.175. The largest absolute Gasteiger partial charge is 0.366 e. The number of thiocarbonyl (C=S) groups is 1. The Morgan fingerprint density at radius 2 is 2.05 bits per heavy atom. The summed E-state index contributed by atoms with van der Waals surface area (Å²) in [5.74, 6) is -0.294. The highest BCUT2D eigenvalue weighted by Gasteiger charge is 2.18. The fourth-order valence-corrected chi connectivity index (χ4v) is 2.57. The Hall–Kier alpha value is -0.910. The zero-order valence-corrected chi connectivity index (χ0v) is 12.4. The zero-order chi connectivity index (χ0) is 13.8. The van der Waals surface area contributed by atoms with E-state index >= 15 is 0 Å². The molecule has 0 unspecified atom stereocenters. The third-order valence-electron chi connectivity index (χ3n) is 3.28. The van der Waals surface area contributed by atoms with E-state index in [4.69, 9.17) is 23.8 Å². The minimum Gasteiger partial charge on any atom is -0.366 e. The van der Waals surface area contributed by atoms with E-state index in [1.165, 1.54) is 12.1 Å². The van der Waals surface area contributed by atoms with Crippen molar-refractivity contribution in [2.75, 3.05) is 33.2 Å². The van der Waals surface area contributed by atoms with E-state index in [1.54, 1.807) is 6.07 Å².